The normalized spacial score (nSPS) is 22.7. The lowest BCUT2D eigenvalue weighted by atomic mass is 9.99. The van der Waals surface area contributed by atoms with Crippen molar-refractivity contribution in [1.29, 1.82) is 0 Å². The van der Waals surface area contributed by atoms with E-state index in [2.05, 4.69) is 0 Å². The second-order valence-corrected chi connectivity index (χ2v) is 8.04. The average molecular weight is 360 g/mol. The standard InChI is InChI=1S/C20H28N2O4/c1-20(2,3)26-19(24)21-12-11-16-9-10-17(21)13-22(16)18(23)25-14-15-7-5-4-6-8-15/h4-8,16-17H,9-14H2,1-3H3. The van der Waals surface area contributed by atoms with E-state index in [0.29, 0.717) is 13.1 Å². The fourth-order valence-corrected chi connectivity index (χ4v) is 3.62. The minimum atomic E-state index is -0.518. The summed E-state index contributed by atoms with van der Waals surface area (Å²) in [5.74, 6) is 0. The first kappa shape index (κ1) is 18.5. The van der Waals surface area contributed by atoms with Gasteiger partial charge in [0.25, 0.3) is 0 Å². The van der Waals surface area contributed by atoms with E-state index in [1.165, 1.54) is 0 Å². The molecule has 6 heteroatoms. The summed E-state index contributed by atoms with van der Waals surface area (Å²) in [6.07, 6.45) is 1.96. The van der Waals surface area contributed by atoms with E-state index < -0.39 is 5.60 Å². The molecule has 26 heavy (non-hydrogen) atoms. The van der Waals surface area contributed by atoms with Gasteiger partial charge >= 0.3 is 12.2 Å². The Morgan fingerprint density at radius 1 is 1.00 bits per heavy atom. The van der Waals surface area contributed by atoms with Gasteiger partial charge in [-0.1, -0.05) is 30.3 Å². The van der Waals surface area contributed by atoms with Crippen LogP contribution in [0.15, 0.2) is 30.3 Å². The Kier molecular flexibility index (Phi) is 5.39. The van der Waals surface area contributed by atoms with Crippen molar-refractivity contribution in [2.45, 2.75) is 64.3 Å². The van der Waals surface area contributed by atoms with Crippen molar-refractivity contribution in [1.82, 2.24) is 9.80 Å². The Labute approximate surface area is 155 Å². The molecule has 0 aromatic heterocycles. The summed E-state index contributed by atoms with van der Waals surface area (Å²) in [5, 5.41) is 0. The number of nitrogens with zero attached hydrogens (tertiary/aromatic N) is 2. The van der Waals surface area contributed by atoms with Crippen LogP contribution >= 0.6 is 0 Å². The Hall–Kier alpha value is -2.24. The van der Waals surface area contributed by atoms with Gasteiger partial charge in [-0.15, -0.1) is 0 Å². The molecule has 0 N–H and O–H groups in total. The van der Waals surface area contributed by atoms with Gasteiger partial charge in [0.15, 0.2) is 0 Å². The van der Waals surface area contributed by atoms with Crippen molar-refractivity contribution in [2.75, 3.05) is 13.1 Å². The summed E-state index contributed by atoms with van der Waals surface area (Å²) >= 11 is 0. The number of benzene rings is 1. The maximum atomic E-state index is 12.6. The number of hydrogen-bond acceptors (Lipinski definition) is 4. The number of hydrogen-bond donors (Lipinski definition) is 0. The third kappa shape index (κ3) is 4.48. The smallest absolute Gasteiger partial charge is 0.410 e. The molecule has 0 aliphatic carbocycles. The highest BCUT2D eigenvalue weighted by molar-refractivity contribution is 5.71. The first-order chi connectivity index (χ1) is 12.3. The van der Waals surface area contributed by atoms with Gasteiger partial charge < -0.3 is 19.3 Å². The molecular weight excluding hydrogens is 332 g/mol. The molecule has 0 spiro atoms. The molecule has 142 valence electrons. The molecule has 2 amide bonds. The highest BCUT2D eigenvalue weighted by Crippen LogP contribution is 2.30. The van der Waals surface area contributed by atoms with Crippen LogP contribution in [0.2, 0.25) is 0 Å². The maximum Gasteiger partial charge on any atom is 0.410 e. The predicted molar refractivity (Wildman–Crippen MR) is 97.7 cm³/mol. The van der Waals surface area contributed by atoms with Crippen LogP contribution in [-0.2, 0) is 16.1 Å². The summed E-state index contributed by atoms with van der Waals surface area (Å²) in [6, 6.07) is 9.78. The van der Waals surface area contributed by atoms with Crippen LogP contribution in [0.3, 0.4) is 0 Å². The lowest BCUT2D eigenvalue weighted by Gasteiger charge is -2.38. The largest absolute Gasteiger partial charge is 0.445 e. The molecule has 0 radical (unpaired) electrons. The number of piperidine rings is 1. The first-order valence-electron chi connectivity index (χ1n) is 9.30. The van der Waals surface area contributed by atoms with Crippen molar-refractivity contribution >= 4 is 12.2 Å². The van der Waals surface area contributed by atoms with Gasteiger partial charge in [-0.05, 0) is 45.6 Å². The number of rotatable bonds is 2. The average Bonchev–Trinajstić information content (AvgIpc) is 2.91. The van der Waals surface area contributed by atoms with E-state index >= 15 is 0 Å². The topological polar surface area (TPSA) is 59.1 Å². The molecule has 3 aliphatic heterocycles. The summed E-state index contributed by atoms with van der Waals surface area (Å²) in [7, 11) is 0. The SMILES string of the molecule is CC(C)(C)OC(=O)N1CCC2CCC1CN2C(=O)OCc1ccccc1. The first-order valence-corrected chi connectivity index (χ1v) is 9.30. The molecule has 2 bridgehead atoms. The van der Waals surface area contributed by atoms with E-state index in [0.717, 1.165) is 24.8 Å². The van der Waals surface area contributed by atoms with Crippen LogP contribution in [0.25, 0.3) is 0 Å². The number of carbonyl (C=O) groups is 2. The molecule has 1 aromatic carbocycles. The summed E-state index contributed by atoms with van der Waals surface area (Å²) < 4.78 is 11.0. The summed E-state index contributed by atoms with van der Waals surface area (Å²) in [5.41, 5.74) is 0.451. The Bertz CT molecular complexity index is 641. The molecule has 4 rings (SSSR count). The quantitative estimate of drug-likeness (QED) is 0.805. The van der Waals surface area contributed by atoms with Gasteiger partial charge in [0.05, 0.1) is 6.04 Å². The van der Waals surface area contributed by atoms with Crippen molar-refractivity contribution in [3.63, 3.8) is 0 Å². The number of carbonyl (C=O) groups excluding carboxylic acids is 2. The molecule has 6 nitrogen and oxygen atoms in total. The molecular formula is C20H28N2O4. The fourth-order valence-electron chi connectivity index (χ4n) is 3.62. The van der Waals surface area contributed by atoms with E-state index in [4.69, 9.17) is 9.47 Å². The Morgan fingerprint density at radius 3 is 2.38 bits per heavy atom. The molecule has 1 aromatic rings. The van der Waals surface area contributed by atoms with Gasteiger partial charge in [-0.25, -0.2) is 9.59 Å². The third-order valence-corrected chi connectivity index (χ3v) is 4.89. The second-order valence-electron chi connectivity index (χ2n) is 8.04. The van der Waals surface area contributed by atoms with Gasteiger partial charge in [-0.3, -0.25) is 0 Å². The minimum Gasteiger partial charge on any atom is -0.445 e. The van der Waals surface area contributed by atoms with Gasteiger partial charge in [0.1, 0.15) is 12.2 Å². The zero-order valence-corrected chi connectivity index (χ0v) is 15.8. The fraction of sp³-hybridized carbons (Fsp3) is 0.600. The highest BCUT2D eigenvalue weighted by Gasteiger charge is 2.41. The summed E-state index contributed by atoms with van der Waals surface area (Å²) in [4.78, 5) is 28.7. The predicted octanol–water partition coefficient (Wildman–Crippen LogP) is 3.80. The lowest BCUT2D eigenvalue weighted by Crippen LogP contribution is -2.51. The zero-order chi connectivity index (χ0) is 18.7. The number of amides is 2. The molecule has 3 saturated heterocycles. The van der Waals surface area contributed by atoms with Gasteiger partial charge in [0, 0.05) is 19.1 Å². The van der Waals surface area contributed by atoms with E-state index in [-0.39, 0.29) is 30.9 Å². The van der Waals surface area contributed by atoms with Crippen LogP contribution in [0.5, 0.6) is 0 Å². The minimum absolute atomic E-state index is 0.00660. The molecule has 3 aliphatic rings. The van der Waals surface area contributed by atoms with Crippen LogP contribution in [0.1, 0.15) is 45.6 Å². The Balaban J connectivity index is 1.61. The number of ether oxygens (including phenoxy) is 2. The van der Waals surface area contributed by atoms with Crippen LogP contribution in [0.4, 0.5) is 9.59 Å². The van der Waals surface area contributed by atoms with Crippen molar-refractivity contribution < 1.29 is 19.1 Å². The van der Waals surface area contributed by atoms with E-state index in [9.17, 15) is 9.59 Å². The van der Waals surface area contributed by atoms with Crippen LogP contribution in [-0.4, -0.2) is 52.8 Å². The van der Waals surface area contributed by atoms with Crippen molar-refractivity contribution in [3.05, 3.63) is 35.9 Å². The second kappa shape index (κ2) is 7.56. The van der Waals surface area contributed by atoms with Crippen LogP contribution in [0, 0.1) is 0 Å². The summed E-state index contributed by atoms with van der Waals surface area (Å²) in [6.45, 7) is 7.00. The third-order valence-electron chi connectivity index (χ3n) is 4.89. The van der Waals surface area contributed by atoms with Crippen molar-refractivity contribution in [2.24, 2.45) is 0 Å². The monoisotopic (exact) mass is 360 g/mol. The van der Waals surface area contributed by atoms with Crippen LogP contribution < -0.4 is 0 Å². The molecule has 3 heterocycles. The van der Waals surface area contributed by atoms with Gasteiger partial charge in [0.2, 0.25) is 0 Å². The lowest BCUT2D eigenvalue weighted by molar-refractivity contribution is 0.0115. The number of fused-ring (bicyclic) bond motifs is 4. The van der Waals surface area contributed by atoms with Crippen molar-refractivity contribution in [3.8, 4) is 0 Å². The molecule has 3 fully saturated rings. The van der Waals surface area contributed by atoms with Gasteiger partial charge in [-0.2, -0.15) is 0 Å². The molecule has 0 saturated carbocycles. The van der Waals surface area contributed by atoms with E-state index in [1.807, 2.05) is 51.1 Å². The zero-order valence-electron chi connectivity index (χ0n) is 15.8. The maximum absolute atomic E-state index is 12.6. The highest BCUT2D eigenvalue weighted by atomic mass is 16.6. The van der Waals surface area contributed by atoms with E-state index in [1.54, 1.807) is 9.80 Å². The molecule has 2 atom stereocenters. The molecule has 2 unspecified atom stereocenters. The Morgan fingerprint density at radius 2 is 1.69 bits per heavy atom.